The third-order valence-electron chi connectivity index (χ3n) is 2.16. The van der Waals surface area contributed by atoms with E-state index in [1.54, 1.807) is 11.4 Å². The Hall–Kier alpha value is -1.07. The first kappa shape index (κ1) is 12.4. The Kier molecular flexibility index (Phi) is 3.69. The fourth-order valence-electron chi connectivity index (χ4n) is 1.47. The molecular formula is C12H7BrF2OS. The summed E-state index contributed by atoms with van der Waals surface area (Å²) in [6, 6.07) is 4.89. The Bertz CT molecular complexity index is 545. The molecule has 5 heteroatoms. The number of halogens is 3. The Labute approximate surface area is 109 Å². The monoisotopic (exact) mass is 316 g/mol. The maximum Gasteiger partial charge on any atom is 0.178 e. The number of Topliss-reactive ketones (excluding diaryl/α,β-unsaturated/α-hetero) is 1. The van der Waals surface area contributed by atoms with E-state index in [1.807, 2.05) is 0 Å². The summed E-state index contributed by atoms with van der Waals surface area (Å²) in [5.41, 5.74) is 0.341. The van der Waals surface area contributed by atoms with E-state index < -0.39 is 11.6 Å². The fraction of sp³-hybridized carbons (Fsp3) is 0.0833. The van der Waals surface area contributed by atoms with Crippen molar-refractivity contribution in [1.29, 1.82) is 0 Å². The van der Waals surface area contributed by atoms with Crippen molar-refractivity contribution >= 4 is 33.0 Å². The maximum absolute atomic E-state index is 12.9. The molecule has 0 saturated heterocycles. The van der Waals surface area contributed by atoms with Gasteiger partial charge in [0.05, 0.1) is 4.88 Å². The predicted octanol–water partition coefficient (Wildman–Crippen LogP) is 4.21. The first-order valence-corrected chi connectivity index (χ1v) is 6.44. The lowest BCUT2D eigenvalue weighted by Gasteiger charge is -2.01. The molecule has 0 amide bonds. The zero-order valence-electron chi connectivity index (χ0n) is 8.54. The molecule has 0 spiro atoms. The minimum Gasteiger partial charge on any atom is -0.293 e. The number of benzene rings is 1. The molecule has 0 aliphatic rings. The van der Waals surface area contributed by atoms with E-state index in [1.165, 1.54) is 23.5 Å². The van der Waals surface area contributed by atoms with Gasteiger partial charge in [-0.15, -0.1) is 11.3 Å². The average molecular weight is 317 g/mol. The minimum absolute atomic E-state index is 0.00616. The van der Waals surface area contributed by atoms with Gasteiger partial charge in [0.15, 0.2) is 5.78 Å². The van der Waals surface area contributed by atoms with E-state index >= 15 is 0 Å². The lowest BCUT2D eigenvalue weighted by atomic mass is 10.1. The van der Waals surface area contributed by atoms with Gasteiger partial charge in [0, 0.05) is 17.0 Å². The van der Waals surface area contributed by atoms with Crippen molar-refractivity contribution in [1.82, 2.24) is 0 Å². The summed E-state index contributed by atoms with van der Waals surface area (Å²) in [5, 5.41) is 1.78. The smallest absolute Gasteiger partial charge is 0.178 e. The molecule has 0 unspecified atom stereocenters. The van der Waals surface area contributed by atoms with Gasteiger partial charge >= 0.3 is 0 Å². The normalized spacial score (nSPS) is 10.5. The van der Waals surface area contributed by atoms with Crippen LogP contribution < -0.4 is 0 Å². The SMILES string of the molecule is O=C(Cc1cc(F)cc(F)c1)c1sccc1Br. The van der Waals surface area contributed by atoms with Crippen molar-refractivity contribution in [3.05, 3.63) is 56.2 Å². The van der Waals surface area contributed by atoms with Crippen LogP contribution in [0.1, 0.15) is 15.2 Å². The van der Waals surface area contributed by atoms with Crippen LogP contribution in [-0.2, 0) is 6.42 Å². The maximum atomic E-state index is 12.9. The molecule has 17 heavy (non-hydrogen) atoms. The molecule has 1 aromatic heterocycles. The molecule has 0 N–H and O–H groups in total. The number of hydrogen-bond acceptors (Lipinski definition) is 2. The van der Waals surface area contributed by atoms with Crippen LogP contribution in [0.5, 0.6) is 0 Å². The molecule has 1 heterocycles. The molecule has 1 aromatic carbocycles. The third kappa shape index (κ3) is 2.98. The number of rotatable bonds is 3. The minimum atomic E-state index is -0.668. The second-order valence-electron chi connectivity index (χ2n) is 3.48. The summed E-state index contributed by atoms with van der Waals surface area (Å²) in [4.78, 5) is 12.4. The van der Waals surface area contributed by atoms with Crippen molar-refractivity contribution in [2.45, 2.75) is 6.42 Å². The van der Waals surface area contributed by atoms with Crippen molar-refractivity contribution in [3.8, 4) is 0 Å². The van der Waals surface area contributed by atoms with E-state index in [-0.39, 0.29) is 12.2 Å². The standard InChI is InChI=1S/C12H7BrF2OS/c13-10-1-2-17-12(10)11(16)5-7-3-8(14)6-9(15)4-7/h1-4,6H,5H2. The first-order valence-electron chi connectivity index (χ1n) is 4.77. The van der Waals surface area contributed by atoms with Crippen molar-refractivity contribution in [2.75, 3.05) is 0 Å². The van der Waals surface area contributed by atoms with Gasteiger partial charge in [-0.25, -0.2) is 8.78 Å². The number of carbonyl (C=O) groups excluding carboxylic acids is 1. The molecular weight excluding hydrogens is 310 g/mol. The van der Waals surface area contributed by atoms with Gasteiger partial charge < -0.3 is 0 Å². The van der Waals surface area contributed by atoms with Gasteiger partial charge in [0.25, 0.3) is 0 Å². The van der Waals surface area contributed by atoms with Gasteiger partial charge in [-0.1, -0.05) is 0 Å². The lowest BCUT2D eigenvalue weighted by molar-refractivity contribution is 0.0996. The molecule has 2 aromatic rings. The lowest BCUT2D eigenvalue weighted by Crippen LogP contribution is -2.02. The van der Waals surface area contributed by atoms with Crippen LogP contribution in [0.2, 0.25) is 0 Å². The summed E-state index contributed by atoms with van der Waals surface area (Å²) in [7, 11) is 0. The predicted molar refractivity (Wildman–Crippen MR) is 66.4 cm³/mol. The quantitative estimate of drug-likeness (QED) is 0.775. The zero-order chi connectivity index (χ0) is 12.4. The van der Waals surface area contributed by atoms with Crippen LogP contribution in [0.4, 0.5) is 8.78 Å². The van der Waals surface area contributed by atoms with Crippen LogP contribution >= 0.6 is 27.3 Å². The fourth-order valence-corrected chi connectivity index (χ4v) is 3.00. The van der Waals surface area contributed by atoms with Gasteiger partial charge in [-0.05, 0) is 45.1 Å². The molecule has 0 bridgehead atoms. The molecule has 1 nitrogen and oxygen atoms in total. The molecule has 0 aliphatic heterocycles. The second kappa shape index (κ2) is 5.06. The molecule has 0 fully saturated rings. The van der Waals surface area contributed by atoms with Gasteiger partial charge in [0.1, 0.15) is 11.6 Å². The largest absolute Gasteiger partial charge is 0.293 e. The summed E-state index contributed by atoms with van der Waals surface area (Å²) >= 11 is 4.55. The Morgan fingerprint density at radius 2 is 1.88 bits per heavy atom. The highest BCUT2D eigenvalue weighted by Crippen LogP contribution is 2.24. The Morgan fingerprint density at radius 1 is 1.24 bits per heavy atom. The van der Waals surface area contributed by atoms with E-state index in [9.17, 15) is 13.6 Å². The summed E-state index contributed by atoms with van der Waals surface area (Å²) in [5.74, 6) is -1.49. The van der Waals surface area contributed by atoms with Gasteiger partial charge in [-0.2, -0.15) is 0 Å². The van der Waals surface area contributed by atoms with E-state index in [0.29, 0.717) is 14.9 Å². The average Bonchev–Trinajstić information content (AvgIpc) is 2.62. The second-order valence-corrected chi connectivity index (χ2v) is 5.25. The van der Waals surface area contributed by atoms with E-state index in [2.05, 4.69) is 15.9 Å². The van der Waals surface area contributed by atoms with Crippen molar-refractivity contribution < 1.29 is 13.6 Å². The number of ketones is 1. The number of carbonyl (C=O) groups is 1. The molecule has 88 valence electrons. The van der Waals surface area contributed by atoms with E-state index in [4.69, 9.17) is 0 Å². The Balaban J connectivity index is 2.21. The zero-order valence-corrected chi connectivity index (χ0v) is 10.9. The van der Waals surface area contributed by atoms with Crippen LogP contribution in [0, 0.1) is 11.6 Å². The topological polar surface area (TPSA) is 17.1 Å². The molecule has 0 atom stereocenters. The van der Waals surface area contributed by atoms with Crippen LogP contribution in [0.15, 0.2) is 34.1 Å². The summed E-state index contributed by atoms with van der Waals surface area (Å²) < 4.78 is 26.6. The van der Waals surface area contributed by atoms with Crippen molar-refractivity contribution in [3.63, 3.8) is 0 Å². The molecule has 2 rings (SSSR count). The van der Waals surface area contributed by atoms with E-state index in [0.717, 1.165) is 6.07 Å². The number of thiophene rings is 1. The molecule has 0 saturated carbocycles. The summed E-state index contributed by atoms with van der Waals surface area (Å²) in [6.07, 6.45) is -0.00616. The highest BCUT2D eigenvalue weighted by atomic mass is 79.9. The highest BCUT2D eigenvalue weighted by molar-refractivity contribution is 9.10. The summed E-state index contributed by atoms with van der Waals surface area (Å²) in [6.45, 7) is 0. The van der Waals surface area contributed by atoms with Gasteiger partial charge in [0.2, 0.25) is 0 Å². The van der Waals surface area contributed by atoms with Crippen molar-refractivity contribution in [2.24, 2.45) is 0 Å². The molecule has 0 aliphatic carbocycles. The van der Waals surface area contributed by atoms with Crippen LogP contribution in [-0.4, -0.2) is 5.78 Å². The van der Waals surface area contributed by atoms with Gasteiger partial charge in [-0.3, -0.25) is 4.79 Å². The first-order chi connectivity index (χ1) is 8.06. The highest BCUT2D eigenvalue weighted by Gasteiger charge is 2.13. The third-order valence-corrected chi connectivity index (χ3v) is 4.04. The number of hydrogen-bond donors (Lipinski definition) is 0. The van der Waals surface area contributed by atoms with Crippen LogP contribution in [0.25, 0.3) is 0 Å². The Morgan fingerprint density at radius 3 is 2.41 bits per heavy atom. The van der Waals surface area contributed by atoms with Crippen LogP contribution in [0.3, 0.4) is 0 Å². The molecule has 0 radical (unpaired) electrons.